The Kier molecular flexibility index (Phi) is 7.02. The van der Waals surface area contributed by atoms with Crippen molar-refractivity contribution in [2.45, 2.75) is 52.2 Å². The molecule has 1 atom stereocenters. The van der Waals surface area contributed by atoms with E-state index in [4.69, 9.17) is 4.74 Å². The molecule has 0 radical (unpaired) electrons. The van der Waals surface area contributed by atoms with Crippen LogP contribution in [0.1, 0.15) is 50.0 Å². The summed E-state index contributed by atoms with van der Waals surface area (Å²) in [6.07, 6.45) is 0.438. The van der Waals surface area contributed by atoms with Gasteiger partial charge in [0.1, 0.15) is 18.3 Å². The van der Waals surface area contributed by atoms with Crippen molar-refractivity contribution in [3.8, 4) is 5.75 Å². The van der Waals surface area contributed by atoms with E-state index in [1.807, 2.05) is 82.3 Å². The molecular formula is C29H33N3O4. The van der Waals surface area contributed by atoms with E-state index in [1.54, 1.807) is 18.1 Å². The number of ether oxygens (including phenoxy) is 1. The van der Waals surface area contributed by atoms with Crippen LogP contribution in [0, 0.1) is 0 Å². The predicted octanol–water partition coefficient (Wildman–Crippen LogP) is 4.53. The molecule has 7 heteroatoms. The number of carbonyl (C=O) groups excluding carboxylic acids is 3. The fourth-order valence-electron chi connectivity index (χ4n) is 4.66. The minimum Gasteiger partial charge on any atom is -0.497 e. The predicted molar refractivity (Wildman–Crippen MR) is 141 cm³/mol. The molecule has 0 saturated heterocycles. The number of nitrogens with zero attached hydrogens (tertiary/aromatic N) is 2. The highest BCUT2D eigenvalue weighted by Gasteiger charge is 2.35. The smallest absolute Gasteiger partial charge is 0.259 e. The second-order valence-electron chi connectivity index (χ2n) is 10.1. The maximum absolute atomic E-state index is 13.8. The number of amides is 3. The van der Waals surface area contributed by atoms with E-state index in [9.17, 15) is 14.4 Å². The highest BCUT2D eigenvalue weighted by molar-refractivity contribution is 6.26. The number of rotatable bonds is 8. The topological polar surface area (TPSA) is 79.0 Å². The number of hydrogen-bond donors (Lipinski definition) is 1. The molecule has 1 aliphatic heterocycles. The van der Waals surface area contributed by atoms with Gasteiger partial charge < -0.3 is 15.0 Å². The van der Waals surface area contributed by atoms with Crippen LogP contribution in [0.15, 0.2) is 60.7 Å². The fraction of sp³-hybridized carbons (Fsp3) is 0.345. The number of hydrogen-bond acceptors (Lipinski definition) is 4. The molecule has 1 aliphatic rings. The van der Waals surface area contributed by atoms with Crippen LogP contribution in [0.3, 0.4) is 0 Å². The van der Waals surface area contributed by atoms with Gasteiger partial charge in [0.2, 0.25) is 11.8 Å². The lowest BCUT2D eigenvalue weighted by atomic mass is 10.1. The number of nitrogens with one attached hydrogen (secondary N) is 1. The van der Waals surface area contributed by atoms with E-state index in [0.717, 1.165) is 22.0 Å². The SMILES string of the molecule is CCC(C(=O)NC(C)(C)C)N(Cc1ccc(OC)cc1)C(=O)CN1C(=O)c2cccc3cccc1c23. The monoisotopic (exact) mass is 487 g/mol. The maximum atomic E-state index is 13.8. The molecule has 7 nitrogen and oxygen atoms in total. The van der Waals surface area contributed by atoms with Crippen molar-refractivity contribution >= 4 is 34.2 Å². The van der Waals surface area contributed by atoms with Crippen molar-refractivity contribution in [3.05, 3.63) is 71.8 Å². The van der Waals surface area contributed by atoms with Crippen LogP contribution in [0.2, 0.25) is 0 Å². The Hall–Kier alpha value is -3.87. The van der Waals surface area contributed by atoms with Gasteiger partial charge in [-0.1, -0.05) is 43.3 Å². The van der Waals surface area contributed by atoms with Crippen molar-refractivity contribution in [3.63, 3.8) is 0 Å². The minimum atomic E-state index is -0.685. The van der Waals surface area contributed by atoms with Crippen molar-refractivity contribution < 1.29 is 19.1 Å². The van der Waals surface area contributed by atoms with Gasteiger partial charge in [-0.05, 0) is 62.4 Å². The lowest BCUT2D eigenvalue weighted by Gasteiger charge is -2.34. The van der Waals surface area contributed by atoms with Gasteiger partial charge in [0.05, 0.1) is 12.8 Å². The van der Waals surface area contributed by atoms with Gasteiger partial charge in [0.25, 0.3) is 5.91 Å². The highest BCUT2D eigenvalue weighted by atomic mass is 16.5. The molecule has 0 fully saturated rings. The molecule has 0 spiro atoms. The minimum absolute atomic E-state index is 0.151. The van der Waals surface area contributed by atoms with Crippen LogP contribution >= 0.6 is 0 Å². The summed E-state index contributed by atoms with van der Waals surface area (Å²) in [4.78, 5) is 43.5. The van der Waals surface area contributed by atoms with E-state index >= 15 is 0 Å². The second kappa shape index (κ2) is 10.0. The summed E-state index contributed by atoms with van der Waals surface area (Å²) in [7, 11) is 1.60. The van der Waals surface area contributed by atoms with Crippen LogP contribution in [0.4, 0.5) is 5.69 Å². The molecule has 3 amide bonds. The van der Waals surface area contributed by atoms with Gasteiger partial charge in [-0.3, -0.25) is 19.3 Å². The molecule has 0 aliphatic carbocycles. The lowest BCUT2D eigenvalue weighted by Crippen LogP contribution is -2.55. The van der Waals surface area contributed by atoms with Gasteiger partial charge in [0, 0.05) is 23.0 Å². The Morgan fingerprint density at radius 2 is 1.69 bits per heavy atom. The molecule has 3 aromatic carbocycles. The maximum Gasteiger partial charge on any atom is 0.259 e. The standard InChI is InChI=1S/C29H33N3O4/c1-6-23(27(34)30-29(2,3)4)31(17-19-13-15-21(36-5)16-14-19)25(33)18-32-24-12-8-10-20-9-7-11-22(26(20)24)28(32)35/h7-16,23H,6,17-18H2,1-5H3,(H,30,34). The molecule has 0 bridgehead atoms. The summed E-state index contributed by atoms with van der Waals surface area (Å²) in [6, 6.07) is 18.0. The normalized spacial score (nSPS) is 13.6. The van der Waals surface area contributed by atoms with Crippen molar-refractivity contribution in [1.29, 1.82) is 0 Å². The molecule has 1 N–H and O–H groups in total. The van der Waals surface area contributed by atoms with E-state index in [-0.39, 0.29) is 30.8 Å². The second-order valence-corrected chi connectivity index (χ2v) is 10.1. The number of anilines is 1. The molecule has 188 valence electrons. The van der Waals surface area contributed by atoms with E-state index < -0.39 is 11.6 Å². The summed E-state index contributed by atoms with van der Waals surface area (Å²) >= 11 is 0. The zero-order valence-corrected chi connectivity index (χ0v) is 21.5. The van der Waals surface area contributed by atoms with E-state index in [0.29, 0.717) is 17.7 Å². The van der Waals surface area contributed by atoms with E-state index in [1.165, 1.54) is 4.90 Å². The third-order valence-corrected chi connectivity index (χ3v) is 6.34. The summed E-state index contributed by atoms with van der Waals surface area (Å²) in [6.45, 7) is 7.70. The first-order valence-corrected chi connectivity index (χ1v) is 12.2. The van der Waals surface area contributed by atoms with Crippen molar-refractivity contribution in [2.75, 3.05) is 18.6 Å². The number of carbonyl (C=O) groups is 3. The summed E-state index contributed by atoms with van der Waals surface area (Å²) < 4.78 is 5.25. The van der Waals surface area contributed by atoms with Crippen LogP contribution in [0.5, 0.6) is 5.75 Å². The van der Waals surface area contributed by atoms with E-state index in [2.05, 4.69) is 5.32 Å². The van der Waals surface area contributed by atoms with Gasteiger partial charge in [-0.25, -0.2) is 0 Å². The third kappa shape index (κ3) is 5.05. The molecule has 0 saturated carbocycles. The Morgan fingerprint density at radius 1 is 1.03 bits per heavy atom. The van der Waals surface area contributed by atoms with Crippen molar-refractivity contribution in [2.24, 2.45) is 0 Å². The quantitative estimate of drug-likeness (QED) is 0.506. The first-order valence-electron chi connectivity index (χ1n) is 12.2. The Bertz CT molecular complexity index is 1290. The zero-order valence-electron chi connectivity index (χ0n) is 21.5. The van der Waals surface area contributed by atoms with Gasteiger partial charge in [0.15, 0.2) is 0 Å². The highest BCUT2D eigenvalue weighted by Crippen LogP contribution is 2.37. The first-order chi connectivity index (χ1) is 17.1. The molecular weight excluding hydrogens is 454 g/mol. The Morgan fingerprint density at radius 3 is 2.31 bits per heavy atom. The number of methoxy groups -OCH3 is 1. The Labute approximate surface area is 212 Å². The molecule has 1 unspecified atom stereocenters. The summed E-state index contributed by atoms with van der Waals surface area (Å²) in [5, 5.41) is 4.82. The Balaban J connectivity index is 1.65. The molecule has 4 rings (SSSR count). The van der Waals surface area contributed by atoms with Crippen LogP contribution in [-0.2, 0) is 16.1 Å². The molecule has 0 aromatic heterocycles. The molecule has 3 aromatic rings. The van der Waals surface area contributed by atoms with Gasteiger partial charge >= 0.3 is 0 Å². The molecule has 1 heterocycles. The van der Waals surface area contributed by atoms with Crippen molar-refractivity contribution in [1.82, 2.24) is 10.2 Å². The third-order valence-electron chi connectivity index (χ3n) is 6.34. The first kappa shape index (κ1) is 25.2. The van der Waals surface area contributed by atoms with Crippen LogP contribution in [0.25, 0.3) is 10.8 Å². The average molecular weight is 488 g/mol. The largest absolute Gasteiger partial charge is 0.497 e. The fourth-order valence-corrected chi connectivity index (χ4v) is 4.66. The van der Waals surface area contributed by atoms with Gasteiger partial charge in [-0.2, -0.15) is 0 Å². The average Bonchev–Trinajstić information content (AvgIpc) is 3.11. The lowest BCUT2D eigenvalue weighted by molar-refractivity contribution is -0.141. The van der Waals surface area contributed by atoms with Gasteiger partial charge in [-0.15, -0.1) is 0 Å². The zero-order chi connectivity index (χ0) is 26.0. The van der Waals surface area contributed by atoms with Crippen LogP contribution < -0.4 is 15.0 Å². The summed E-state index contributed by atoms with van der Waals surface area (Å²) in [5.41, 5.74) is 1.74. The van der Waals surface area contributed by atoms with Crippen LogP contribution in [-0.4, -0.2) is 47.9 Å². The number of benzene rings is 3. The summed E-state index contributed by atoms with van der Waals surface area (Å²) in [5.74, 6) is -0.000658. The molecule has 36 heavy (non-hydrogen) atoms.